The van der Waals surface area contributed by atoms with E-state index in [1.54, 1.807) is 7.11 Å². The fraction of sp³-hybridized carbons (Fsp3) is 0.429. The third kappa shape index (κ3) is 3.68. The predicted molar refractivity (Wildman–Crippen MR) is 77.8 cm³/mol. The number of hydrogen-bond acceptors (Lipinski definition) is 5. The second-order valence-electron chi connectivity index (χ2n) is 4.79. The van der Waals surface area contributed by atoms with Gasteiger partial charge >= 0.3 is 11.9 Å². The molecule has 0 spiro atoms. The molecule has 6 nitrogen and oxygen atoms in total. The minimum absolute atomic E-state index is 0.126. The van der Waals surface area contributed by atoms with E-state index < -0.39 is 23.9 Å². The Kier molecular flexibility index (Phi) is 5.08. The van der Waals surface area contributed by atoms with E-state index in [4.69, 9.17) is 9.84 Å². The Morgan fingerprint density at radius 1 is 1.38 bits per heavy atom. The van der Waals surface area contributed by atoms with E-state index in [1.807, 2.05) is 24.3 Å². The quantitative estimate of drug-likeness (QED) is 0.729. The maximum Gasteiger partial charge on any atom is 0.321 e. The molecule has 1 heterocycles. The number of nitrogens with one attached hydrogen (secondary N) is 1. The van der Waals surface area contributed by atoms with Crippen molar-refractivity contribution in [1.29, 1.82) is 0 Å². The number of benzene rings is 1. The summed E-state index contributed by atoms with van der Waals surface area (Å²) in [6.45, 7) is 0.456. The van der Waals surface area contributed by atoms with Gasteiger partial charge in [0.25, 0.3) is 0 Å². The lowest BCUT2D eigenvalue weighted by Crippen LogP contribution is -2.37. The molecule has 1 saturated heterocycles. The van der Waals surface area contributed by atoms with Crippen molar-refractivity contribution >= 4 is 23.7 Å². The molecule has 1 aliphatic rings. The van der Waals surface area contributed by atoms with Crippen molar-refractivity contribution in [2.75, 3.05) is 13.7 Å². The van der Waals surface area contributed by atoms with Crippen LogP contribution in [0.3, 0.4) is 0 Å². The molecule has 0 aliphatic carbocycles. The van der Waals surface area contributed by atoms with Crippen LogP contribution in [-0.2, 0) is 9.59 Å². The first kappa shape index (κ1) is 15.7. The molecule has 2 rings (SSSR count). The van der Waals surface area contributed by atoms with E-state index >= 15 is 0 Å². The van der Waals surface area contributed by atoms with E-state index in [1.165, 1.54) is 11.8 Å². The summed E-state index contributed by atoms with van der Waals surface area (Å²) in [4.78, 5) is 23.1. The van der Waals surface area contributed by atoms with Crippen LogP contribution in [0.4, 0.5) is 0 Å². The molecule has 3 N–H and O–H groups in total. The van der Waals surface area contributed by atoms with Crippen molar-refractivity contribution in [2.45, 2.75) is 22.6 Å². The number of thioether (sulfide) groups is 1. The first-order valence-corrected chi connectivity index (χ1v) is 7.38. The van der Waals surface area contributed by atoms with Gasteiger partial charge in [0.05, 0.1) is 13.5 Å². The van der Waals surface area contributed by atoms with Crippen LogP contribution in [0.15, 0.2) is 29.2 Å². The number of carboxylic acids is 2. The molecule has 0 bridgehead atoms. The van der Waals surface area contributed by atoms with Crippen LogP contribution < -0.4 is 10.1 Å². The topological polar surface area (TPSA) is 95.9 Å². The maximum atomic E-state index is 11.2. The Hall–Kier alpha value is -1.73. The average Bonchev–Trinajstić information content (AvgIpc) is 2.82. The summed E-state index contributed by atoms with van der Waals surface area (Å²) in [5.41, 5.74) is 0. The summed E-state index contributed by atoms with van der Waals surface area (Å²) in [6.07, 6.45) is -0.170. The number of ether oxygens (including phenoxy) is 1. The fourth-order valence-corrected chi connectivity index (χ4v) is 3.85. The van der Waals surface area contributed by atoms with Gasteiger partial charge in [0.2, 0.25) is 0 Å². The van der Waals surface area contributed by atoms with Gasteiger partial charge < -0.3 is 20.3 Å². The van der Waals surface area contributed by atoms with E-state index in [-0.39, 0.29) is 11.7 Å². The second-order valence-corrected chi connectivity index (χ2v) is 6.07. The lowest BCUT2D eigenvalue weighted by Gasteiger charge is -2.20. The Morgan fingerprint density at radius 2 is 2.10 bits per heavy atom. The van der Waals surface area contributed by atoms with Crippen molar-refractivity contribution in [3.63, 3.8) is 0 Å². The van der Waals surface area contributed by atoms with E-state index in [2.05, 4.69) is 5.32 Å². The minimum Gasteiger partial charge on any atom is -0.496 e. The van der Waals surface area contributed by atoms with Crippen LogP contribution >= 0.6 is 11.8 Å². The van der Waals surface area contributed by atoms with Crippen LogP contribution in [0.2, 0.25) is 0 Å². The molecule has 0 amide bonds. The molecular weight excluding hydrogens is 294 g/mol. The molecule has 3 atom stereocenters. The highest BCUT2D eigenvalue weighted by Gasteiger charge is 2.41. The Bertz CT molecular complexity index is 536. The SMILES string of the molecule is COc1ccccc1S[C@H]1CNC(C(=O)O)[C@H]1CC(=O)O. The zero-order valence-electron chi connectivity index (χ0n) is 11.5. The van der Waals surface area contributed by atoms with Crippen LogP contribution in [0.25, 0.3) is 0 Å². The number of carboxylic acid groups (broad SMARTS) is 2. The summed E-state index contributed by atoms with van der Waals surface area (Å²) >= 11 is 1.46. The Labute approximate surface area is 126 Å². The van der Waals surface area contributed by atoms with E-state index in [0.717, 1.165) is 4.90 Å². The molecule has 7 heteroatoms. The molecule has 0 saturated carbocycles. The van der Waals surface area contributed by atoms with Gasteiger partial charge in [0.1, 0.15) is 11.8 Å². The van der Waals surface area contributed by atoms with Gasteiger partial charge in [-0.05, 0) is 12.1 Å². The largest absolute Gasteiger partial charge is 0.496 e. The van der Waals surface area contributed by atoms with Crippen molar-refractivity contribution in [3.8, 4) is 5.75 Å². The highest BCUT2D eigenvalue weighted by Crippen LogP contribution is 2.38. The van der Waals surface area contributed by atoms with Crippen molar-refractivity contribution in [2.24, 2.45) is 5.92 Å². The maximum absolute atomic E-state index is 11.2. The minimum atomic E-state index is -1.01. The summed E-state index contributed by atoms with van der Waals surface area (Å²) in [5, 5.41) is 21.0. The summed E-state index contributed by atoms with van der Waals surface area (Å²) in [6, 6.07) is 6.60. The number of para-hydroxylation sites is 1. The molecule has 1 aromatic rings. The normalized spacial score (nSPS) is 24.7. The molecule has 1 aliphatic heterocycles. The molecule has 0 radical (unpaired) electrons. The molecule has 114 valence electrons. The summed E-state index contributed by atoms with van der Waals surface area (Å²) < 4.78 is 5.27. The average molecular weight is 311 g/mol. The first-order chi connectivity index (χ1) is 10.0. The van der Waals surface area contributed by atoms with Crippen molar-refractivity contribution in [3.05, 3.63) is 24.3 Å². The molecule has 1 unspecified atom stereocenters. The van der Waals surface area contributed by atoms with Crippen LogP contribution in [0, 0.1) is 5.92 Å². The number of rotatable bonds is 6. The second kappa shape index (κ2) is 6.82. The lowest BCUT2D eigenvalue weighted by atomic mass is 9.96. The van der Waals surface area contributed by atoms with Crippen LogP contribution in [0.1, 0.15) is 6.42 Å². The molecule has 21 heavy (non-hydrogen) atoms. The third-order valence-electron chi connectivity index (χ3n) is 3.47. The van der Waals surface area contributed by atoms with Gasteiger partial charge in [0, 0.05) is 22.6 Å². The van der Waals surface area contributed by atoms with E-state index in [9.17, 15) is 14.7 Å². The summed E-state index contributed by atoms with van der Waals surface area (Å²) in [5.74, 6) is -1.75. The van der Waals surface area contributed by atoms with Crippen LogP contribution in [-0.4, -0.2) is 47.1 Å². The van der Waals surface area contributed by atoms with Gasteiger partial charge in [0.15, 0.2) is 0 Å². The van der Waals surface area contributed by atoms with Crippen molar-refractivity contribution in [1.82, 2.24) is 5.32 Å². The Morgan fingerprint density at radius 3 is 2.71 bits per heavy atom. The molecule has 0 aromatic heterocycles. The van der Waals surface area contributed by atoms with Gasteiger partial charge in [-0.25, -0.2) is 0 Å². The highest BCUT2D eigenvalue weighted by molar-refractivity contribution is 8.00. The number of aliphatic carboxylic acids is 2. The highest BCUT2D eigenvalue weighted by atomic mass is 32.2. The number of hydrogen-bond donors (Lipinski definition) is 3. The first-order valence-electron chi connectivity index (χ1n) is 6.50. The van der Waals surface area contributed by atoms with Gasteiger partial charge in [-0.2, -0.15) is 0 Å². The molecule has 1 fully saturated rings. The fourth-order valence-electron chi connectivity index (χ4n) is 2.49. The molecular formula is C14H17NO5S. The monoisotopic (exact) mass is 311 g/mol. The number of methoxy groups -OCH3 is 1. The lowest BCUT2D eigenvalue weighted by molar-refractivity contribution is -0.141. The predicted octanol–water partition coefficient (Wildman–Crippen LogP) is 1.30. The van der Waals surface area contributed by atoms with Gasteiger partial charge in [-0.15, -0.1) is 11.8 Å². The smallest absolute Gasteiger partial charge is 0.321 e. The zero-order valence-corrected chi connectivity index (χ0v) is 12.3. The Balaban J connectivity index is 2.17. The molecule has 1 aromatic carbocycles. The number of carbonyl (C=O) groups is 2. The van der Waals surface area contributed by atoms with Crippen molar-refractivity contribution < 1.29 is 24.5 Å². The van der Waals surface area contributed by atoms with Gasteiger partial charge in [-0.1, -0.05) is 12.1 Å². The third-order valence-corrected chi connectivity index (χ3v) is 4.88. The van der Waals surface area contributed by atoms with E-state index in [0.29, 0.717) is 12.3 Å². The van der Waals surface area contributed by atoms with Gasteiger partial charge in [-0.3, -0.25) is 9.59 Å². The summed E-state index contributed by atoms with van der Waals surface area (Å²) in [7, 11) is 1.57. The van der Waals surface area contributed by atoms with Crippen LogP contribution in [0.5, 0.6) is 5.75 Å². The zero-order chi connectivity index (χ0) is 15.4. The standard InChI is InChI=1S/C14H17NO5S/c1-20-9-4-2-3-5-10(9)21-11-7-15-13(14(18)19)8(11)6-12(16)17/h2-5,8,11,13,15H,6-7H2,1H3,(H,16,17)(H,18,19)/t8-,11-,13?/m0/s1.